The van der Waals surface area contributed by atoms with Gasteiger partial charge in [-0.15, -0.1) is 0 Å². The van der Waals surface area contributed by atoms with Crippen LogP contribution >= 0.6 is 0 Å². The van der Waals surface area contributed by atoms with Gasteiger partial charge in [-0.2, -0.15) is 0 Å². The van der Waals surface area contributed by atoms with Crippen molar-refractivity contribution >= 4 is 29.6 Å². The molecule has 1 aromatic rings. The predicted octanol–water partition coefficient (Wildman–Crippen LogP) is 4.98. The molecule has 0 aromatic heterocycles. The first kappa shape index (κ1) is 30.7. The molecule has 10 nitrogen and oxygen atoms in total. The molecule has 0 spiro atoms. The number of hydrogen-bond donors (Lipinski definition) is 1. The molecular weight excluding hydrogens is 522 g/mol. The van der Waals surface area contributed by atoms with Crippen LogP contribution in [0.2, 0.25) is 0 Å². The normalized spacial score (nSPS) is 17.7. The highest BCUT2D eigenvalue weighted by Crippen LogP contribution is 2.30. The van der Waals surface area contributed by atoms with E-state index in [0.717, 1.165) is 49.8 Å². The van der Waals surface area contributed by atoms with Gasteiger partial charge >= 0.3 is 12.0 Å². The molecule has 4 rings (SSSR count). The smallest absolute Gasteiger partial charge is 0.325 e. The average molecular weight is 570 g/mol. The molecule has 3 aliphatic rings. The van der Waals surface area contributed by atoms with Gasteiger partial charge in [-0.05, 0) is 57.2 Å². The van der Waals surface area contributed by atoms with E-state index in [4.69, 9.17) is 14.5 Å². The summed E-state index contributed by atoms with van der Waals surface area (Å²) in [6.45, 7) is 2.84. The molecule has 1 N–H and O–H groups in total. The zero-order chi connectivity index (χ0) is 29.2. The van der Waals surface area contributed by atoms with E-state index in [0.29, 0.717) is 43.7 Å². The standard InChI is InChI=1S/C31H47N5O5/c1-4-40-29(38)22-36-21-23-20-26(41-19-11-16-28(37)34(2)24-12-7-5-8-13-24)17-18-27(23)32-30(36)33-31(39)35(3)25-14-9-6-10-15-25/h17-18,20,24-25H,4-16,19,21-22H2,1-3H3,(H,32,33,39). The van der Waals surface area contributed by atoms with Gasteiger partial charge in [0.15, 0.2) is 0 Å². The molecule has 2 saturated carbocycles. The summed E-state index contributed by atoms with van der Waals surface area (Å²) in [5.41, 5.74) is 1.61. The van der Waals surface area contributed by atoms with Gasteiger partial charge in [0.2, 0.25) is 11.9 Å². The summed E-state index contributed by atoms with van der Waals surface area (Å²) in [7, 11) is 3.75. The van der Waals surface area contributed by atoms with Crippen molar-refractivity contribution in [3.8, 4) is 5.75 Å². The fourth-order valence-electron chi connectivity index (χ4n) is 6.03. The van der Waals surface area contributed by atoms with Gasteiger partial charge in [0.05, 0.1) is 18.9 Å². The zero-order valence-electron chi connectivity index (χ0n) is 25.0. The number of carbonyl (C=O) groups is 3. The molecule has 3 amide bonds. The number of esters is 1. The van der Waals surface area contributed by atoms with Crippen molar-refractivity contribution in [3.63, 3.8) is 0 Å². The van der Waals surface area contributed by atoms with Crippen LogP contribution in [0.5, 0.6) is 5.75 Å². The van der Waals surface area contributed by atoms with Gasteiger partial charge in [0, 0.05) is 44.7 Å². The van der Waals surface area contributed by atoms with Gasteiger partial charge in [-0.3, -0.25) is 14.9 Å². The molecule has 0 saturated heterocycles. The predicted molar refractivity (Wildman–Crippen MR) is 158 cm³/mol. The first-order valence-electron chi connectivity index (χ1n) is 15.4. The van der Waals surface area contributed by atoms with Crippen LogP contribution in [0.1, 0.15) is 89.5 Å². The number of benzene rings is 1. The molecule has 0 unspecified atom stereocenters. The lowest BCUT2D eigenvalue weighted by atomic mass is 9.94. The molecule has 2 fully saturated rings. The topological polar surface area (TPSA) is 104 Å². The van der Waals surface area contributed by atoms with E-state index in [-0.39, 0.29) is 37.1 Å². The Morgan fingerprint density at radius 1 is 0.976 bits per heavy atom. The lowest BCUT2D eigenvalue weighted by molar-refractivity contribution is -0.143. The van der Waals surface area contributed by atoms with E-state index in [1.54, 1.807) is 16.7 Å². The number of urea groups is 1. The third-order valence-electron chi connectivity index (χ3n) is 8.54. The Morgan fingerprint density at radius 2 is 1.63 bits per heavy atom. The number of nitrogens with zero attached hydrogens (tertiary/aromatic N) is 4. The molecule has 1 aromatic carbocycles. The molecule has 41 heavy (non-hydrogen) atoms. The number of nitrogens with one attached hydrogen (secondary N) is 1. The van der Waals surface area contributed by atoms with E-state index in [1.165, 1.54) is 25.7 Å². The van der Waals surface area contributed by atoms with Gasteiger partial charge in [0.1, 0.15) is 12.3 Å². The van der Waals surface area contributed by atoms with Crippen molar-refractivity contribution in [1.82, 2.24) is 20.0 Å². The second-order valence-corrected chi connectivity index (χ2v) is 11.5. The number of carbonyl (C=O) groups excluding carboxylic acids is 3. The second-order valence-electron chi connectivity index (χ2n) is 11.5. The van der Waals surface area contributed by atoms with Gasteiger partial charge < -0.3 is 24.2 Å². The number of aliphatic imine (C=N–C) groups is 1. The van der Waals surface area contributed by atoms with E-state index >= 15 is 0 Å². The van der Waals surface area contributed by atoms with Crippen LogP contribution in [0.15, 0.2) is 23.2 Å². The number of fused-ring (bicyclic) bond motifs is 1. The maximum Gasteiger partial charge on any atom is 0.325 e. The minimum absolute atomic E-state index is 0.0265. The molecule has 226 valence electrons. The maximum atomic E-state index is 13.1. The first-order chi connectivity index (χ1) is 19.9. The van der Waals surface area contributed by atoms with Crippen molar-refractivity contribution in [2.75, 3.05) is 33.9 Å². The largest absolute Gasteiger partial charge is 0.494 e. The molecule has 1 heterocycles. The number of rotatable bonds is 10. The molecule has 0 radical (unpaired) electrons. The second kappa shape index (κ2) is 15.1. The summed E-state index contributed by atoms with van der Waals surface area (Å²) in [4.78, 5) is 48.2. The number of amides is 3. The first-order valence-corrected chi connectivity index (χ1v) is 15.4. The fourth-order valence-corrected chi connectivity index (χ4v) is 6.03. The molecule has 1 aliphatic heterocycles. The summed E-state index contributed by atoms with van der Waals surface area (Å²) in [5, 5.41) is 2.94. The van der Waals surface area contributed by atoms with Crippen molar-refractivity contribution in [2.45, 2.75) is 103 Å². The zero-order valence-corrected chi connectivity index (χ0v) is 25.0. The van der Waals surface area contributed by atoms with Crippen LogP contribution < -0.4 is 10.1 Å². The van der Waals surface area contributed by atoms with Gasteiger partial charge in [-0.25, -0.2) is 9.79 Å². The average Bonchev–Trinajstić information content (AvgIpc) is 2.99. The number of hydrogen-bond acceptors (Lipinski definition) is 7. The highest BCUT2D eigenvalue weighted by Gasteiger charge is 2.28. The Hall–Kier alpha value is -3.30. The monoisotopic (exact) mass is 569 g/mol. The van der Waals surface area contributed by atoms with Crippen LogP contribution in [0.4, 0.5) is 10.5 Å². The van der Waals surface area contributed by atoms with Gasteiger partial charge in [-0.1, -0.05) is 38.5 Å². The highest BCUT2D eigenvalue weighted by molar-refractivity contribution is 5.99. The summed E-state index contributed by atoms with van der Waals surface area (Å²) < 4.78 is 11.2. The Balaban J connectivity index is 1.36. The summed E-state index contributed by atoms with van der Waals surface area (Å²) in [6, 6.07) is 5.99. The van der Waals surface area contributed by atoms with Crippen molar-refractivity contribution in [1.29, 1.82) is 0 Å². The van der Waals surface area contributed by atoms with Crippen LogP contribution in [-0.2, 0) is 20.9 Å². The van der Waals surface area contributed by atoms with Crippen LogP contribution in [0.25, 0.3) is 0 Å². The maximum absolute atomic E-state index is 13.1. The fraction of sp³-hybridized carbons (Fsp3) is 0.677. The Labute approximate surface area is 244 Å². The lowest BCUT2D eigenvalue weighted by Crippen LogP contribution is -2.52. The van der Waals surface area contributed by atoms with E-state index in [1.807, 2.05) is 37.2 Å². The van der Waals surface area contributed by atoms with Crippen LogP contribution in [-0.4, -0.2) is 84.5 Å². The Bertz CT molecular complexity index is 1080. The molecular formula is C31H47N5O5. The minimum atomic E-state index is -0.381. The third-order valence-corrected chi connectivity index (χ3v) is 8.54. The number of guanidine groups is 1. The SMILES string of the molecule is CCOC(=O)CN1Cc2cc(OCCCC(=O)N(C)C3CCCCC3)ccc2N=C1NC(=O)N(C)C1CCCCC1. The minimum Gasteiger partial charge on any atom is -0.494 e. The van der Waals surface area contributed by atoms with Crippen molar-refractivity contribution in [2.24, 2.45) is 4.99 Å². The van der Waals surface area contributed by atoms with Crippen molar-refractivity contribution in [3.05, 3.63) is 23.8 Å². The number of ether oxygens (including phenoxy) is 2. The van der Waals surface area contributed by atoms with Crippen molar-refractivity contribution < 1.29 is 23.9 Å². The van der Waals surface area contributed by atoms with Crippen LogP contribution in [0.3, 0.4) is 0 Å². The summed E-state index contributed by atoms with van der Waals surface area (Å²) >= 11 is 0. The van der Waals surface area contributed by atoms with E-state index in [2.05, 4.69) is 5.32 Å². The quantitative estimate of drug-likeness (QED) is 0.315. The molecule has 10 heteroatoms. The Morgan fingerprint density at radius 3 is 2.29 bits per heavy atom. The summed E-state index contributed by atoms with van der Waals surface area (Å²) in [5.74, 6) is 0.826. The lowest BCUT2D eigenvalue weighted by Gasteiger charge is -2.34. The van der Waals surface area contributed by atoms with E-state index in [9.17, 15) is 14.4 Å². The van der Waals surface area contributed by atoms with Gasteiger partial charge in [0.25, 0.3) is 0 Å². The van der Waals surface area contributed by atoms with Crippen LogP contribution in [0, 0.1) is 0 Å². The molecule has 0 atom stereocenters. The third kappa shape index (κ3) is 8.60. The molecule has 2 aliphatic carbocycles. The molecule has 0 bridgehead atoms. The highest BCUT2D eigenvalue weighted by atomic mass is 16.5. The van der Waals surface area contributed by atoms with E-state index < -0.39 is 0 Å². The summed E-state index contributed by atoms with van der Waals surface area (Å²) in [6.07, 6.45) is 12.5. The Kier molecular flexibility index (Phi) is 11.3.